The van der Waals surface area contributed by atoms with E-state index in [0.29, 0.717) is 0 Å². The van der Waals surface area contributed by atoms with Crippen LogP contribution in [0.1, 0.15) is 11.1 Å². The largest absolute Gasteiger partial charge is 0.458 e. The van der Waals surface area contributed by atoms with Crippen LogP contribution in [0.25, 0.3) is 0 Å². The highest BCUT2D eigenvalue weighted by Gasteiger charge is 2.59. The van der Waals surface area contributed by atoms with Gasteiger partial charge in [-0.25, -0.2) is 0 Å². The van der Waals surface area contributed by atoms with Crippen LogP contribution >= 0.6 is 0 Å². The number of halogens is 5. The molecule has 0 nitrogen and oxygen atoms in total. The molecule has 0 amide bonds. The van der Waals surface area contributed by atoms with Crippen LogP contribution in [0.2, 0.25) is 0 Å². The lowest BCUT2D eigenvalue weighted by Gasteiger charge is -2.21. The van der Waals surface area contributed by atoms with E-state index in [0.717, 1.165) is 12.1 Å². The first-order valence-corrected chi connectivity index (χ1v) is 3.77. The van der Waals surface area contributed by atoms with E-state index in [4.69, 9.17) is 0 Å². The number of rotatable bonds is 1. The van der Waals surface area contributed by atoms with Gasteiger partial charge in [-0.15, -0.1) is 0 Å². The topological polar surface area (TPSA) is 0 Å². The molecule has 0 fully saturated rings. The Labute approximate surface area is 77.4 Å². The van der Waals surface area contributed by atoms with Gasteiger partial charge in [-0.2, -0.15) is 22.0 Å². The summed E-state index contributed by atoms with van der Waals surface area (Å²) < 4.78 is 61.4. The van der Waals surface area contributed by atoms with Crippen molar-refractivity contribution in [2.75, 3.05) is 0 Å². The lowest BCUT2D eigenvalue weighted by molar-refractivity contribution is -0.289. The summed E-state index contributed by atoms with van der Waals surface area (Å²) in [5.41, 5.74) is -1.07. The number of hydrogen-bond donors (Lipinski definition) is 0. The molecule has 1 aromatic rings. The molecule has 0 radical (unpaired) electrons. The van der Waals surface area contributed by atoms with E-state index < -0.39 is 17.7 Å². The Hall–Kier alpha value is -1.13. The van der Waals surface area contributed by atoms with Crippen LogP contribution in [-0.2, 0) is 5.92 Å². The third-order valence-corrected chi connectivity index (χ3v) is 1.84. The molecule has 0 saturated heterocycles. The van der Waals surface area contributed by atoms with Crippen molar-refractivity contribution >= 4 is 0 Å². The fraction of sp³-hybridized carbons (Fsp3) is 0.333. The van der Waals surface area contributed by atoms with Crippen LogP contribution in [0.3, 0.4) is 0 Å². The highest BCUT2D eigenvalue weighted by atomic mass is 19.4. The molecule has 0 N–H and O–H groups in total. The minimum absolute atomic E-state index is 0.0742. The molecule has 0 saturated carbocycles. The van der Waals surface area contributed by atoms with Crippen LogP contribution in [0.4, 0.5) is 22.0 Å². The van der Waals surface area contributed by atoms with Gasteiger partial charge in [0.05, 0.1) is 0 Å². The molecule has 1 rings (SSSR count). The molecule has 0 aliphatic carbocycles. The average molecular weight is 210 g/mol. The maximum Gasteiger partial charge on any atom is 0.458 e. The van der Waals surface area contributed by atoms with E-state index in [1.165, 1.54) is 19.1 Å². The quantitative estimate of drug-likeness (QED) is 0.620. The molecular formula is C9H7F5. The van der Waals surface area contributed by atoms with Crippen molar-refractivity contribution in [3.63, 3.8) is 0 Å². The number of alkyl halides is 5. The lowest BCUT2D eigenvalue weighted by atomic mass is 10.0. The van der Waals surface area contributed by atoms with Crippen molar-refractivity contribution in [1.29, 1.82) is 0 Å². The van der Waals surface area contributed by atoms with Crippen LogP contribution in [0.15, 0.2) is 24.3 Å². The first-order chi connectivity index (χ1) is 6.27. The van der Waals surface area contributed by atoms with Gasteiger partial charge in [0.15, 0.2) is 0 Å². The normalized spacial score (nSPS) is 13.0. The number of aryl methyl sites for hydroxylation is 1. The summed E-state index contributed by atoms with van der Waals surface area (Å²) in [7, 11) is 0. The van der Waals surface area contributed by atoms with Gasteiger partial charge in [-0.3, -0.25) is 0 Å². The molecule has 78 valence electrons. The Morgan fingerprint density at radius 2 is 1.43 bits per heavy atom. The van der Waals surface area contributed by atoms with Crippen molar-refractivity contribution in [1.82, 2.24) is 0 Å². The van der Waals surface area contributed by atoms with Gasteiger partial charge in [-0.1, -0.05) is 24.3 Å². The molecule has 14 heavy (non-hydrogen) atoms. The molecule has 0 heterocycles. The summed E-state index contributed by atoms with van der Waals surface area (Å²) in [5, 5.41) is 0. The molecule has 5 heteroatoms. The predicted molar refractivity (Wildman–Crippen MR) is 41.1 cm³/mol. The second kappa shape index (κ2) is 3.22. The lowest BCUT2D eigenvalue weighted by Crippen LogP contribution is -2.34. The Morgan fingerprint density at radius 1 is 0.929 bits per heavy atom. The van der Waals surface area contributed by atoms with Crippen molar-refractivity contribution in [3.8, 4) is 0 Å². The number of hydrogen-bond acceptors (Lipinski definition) is 0. The van der Waals surface area contributed by atoms with Crippen LogP contribution in [0, 0.1) is 6.92 Å². The van der Waals surface area contributed by atoms with Gasteiger partial charge in [0.25, 0.3) is 0 Å². The average Bonchev–Trinajstić information content (AvgIpc) is 2.02. The second-order valence-corrected chi connectivity index (χ2v) is 2.89. The van der Waals surface area contributed by atoms with Gasteiger partial charge in [0.2, 0.25) is 0 Å². The van der Waals surface area contributed by atoms with Gasteiger partial charge in [-0.05, 0) is 12.5 Å². The molecule has 0 spiro atoms. The minimum atomic E-state index is -5.54. The standard InChI is InChI=1S/C9H7F5/c1-6-4-2-3-5-7(6)8(10,11)9(12,13)14/h2-5H,1H3. The molecule has 0 unspecified atom stereocenters. The van der Waals surface area contributed by atoms with Crippen LogP contribution in [0.5, 0.6) is 0 Å². The minimum Gasteiger partial charge on any atom is -0.191 e. The SMILES string of the molecule is Cc1ccccc1C(F)(F)C(F)(F)F. The molecule has 1 aromatic carbocycles. The first kappa shape index (κ1) is 10.9. The molecule has 0 aliphatic heterocycles. The summed E-state index contributed by atoms with van der Waals surface area (Å²) in [4.78, 5) is 0. The maximum absolute atomic E-state index is 12.8. The first-order valence-electron chi connectivity index (χ1n) is 3.77. The van der Waals surface area contributed by atoms with E-state index in [2.05, 4.69) is 0 Å². The van der Waals surface area contributed by atoms with Gasteiger partial charge >= 0.3 is 12.1 Å². The zero-order valence-corrected chi connectivity index (χ0v) is 7.20. The van der Waals surface area contributed by atoms with Gasteiger partial charge < -0.3 is 0 Å². The highest BCUT2D eigenvalue weighted by molar-refractivity contribution is 5.30. The second-order valence-electron chi connectivity index (χ2n) is 2.89. The molecular weight excluding hydrogens is 203 g/mol. The Kier molecular flexibility index (Phi) is 2.52. The number of benzene rings is 1. The maximum atomic E-state index is 12.8. The summed E-state index contributed by atoms with van der Waals surface area (Å²) in [6.45, 7) is 1.22. The fourth-order valence-electron chi connectivity index (χ4n) is 1.08. The van der Waals surface area contributed by atoms with Crippen molar-refractivity contribution in [3.05, 3.63) is 35.4 Å². The van der Waals surface area contributed by atoms with Crippen LogP contribution in [-0.4, -0.2) is 6.18 Å². The molecule has 0 aromatic heterocycles. The summed E-state index contributed by atoms with van der Waals surface area (Å²) in [6, 6.07) is 4.56. The Bertz CT molecular complexity index is 326. The predicted octanol–water partition coefficient (Wildman–Crippen LogP) is 3.65. The van der Waals surface area contributed by atoms with Crippen molar-refractivity contribution < 1.29 is 22.0 Å². The summed E-state index contributed by atoms with van der Waals surface area (Å²) >= 11 is 0. The van der Waals surface area contributed by atoms with Crippen LogP contribution < -0.4 is 0 Å². The van der Waals surface area contributed by atoms with E-state index in [-0.39, 0.29) is 5.56 Å². The summed E-state index contributed by atoms with van der Waals surface area (Å²) in [5.74, 6) is -4.78. The molecule has 0 bridgehead atoms. The fourth-order valence-corrected chi connectivity index (χ4v) is 1.08. The van der Waals surface area contributed by atoms with Gasteiger partial charge in [0.1, 0.15) is 0 Å². The monoisotopic (exact) mass is 210 g/mol. The van der Waals surface area contributed by atoms with E-state index in [1.807, 2.05) is 0 Å². The van der Waals surface area contributed by atoms with E-state index >= 15 is 0 Å². The third kappa shape index (κ3) is 1.71. The zero-order chi connectivity index (χ0) is 11.0. The molecule has 0 atom stereocenters. The van der Waals surface area contributed by atoms with Gasteiger partial charge in [0, 0.05) is 5.56 Å². The third-order valence-electron chi connectivity index (χ3n) is 1.84. The van der Waals surface area contributed by atoms with Crippen molar-refractivity contribution in [2.24, 2.45) is 0 Å². The van der Waals surface area contributed by atoms with Crippen molar-refractivity contribution in [2.45, 2.75) is 19.0 Å². The smallest absolute Gasteiger partial charge is 0.191 e. The summed E-state index contributed by atoms with van der Waals surface area (Å²) in [6.07, 6.45) is -5.54. The Morgan fingerprint density at radius 3 is 1.86 bits per heavy atom. The van der Waals surface area contributed by atoms with E-state index in [9.17, 15) is 22.0 Å². The van der Waals surface area contributed by atoms with E-state index in [1.54, 1.807) is 0 Å². The zero-order valence-electron chi connectivity index (χ0n) is 7.20. The molecule has 0 aliphatic rings. The Balaban J connectivity index is 3.23. The highest BCUT2D eigenvalue weighted by Crippen LogP contribution is 2.44.